The highest BCUT2D eigenvalue weighted by Crippen LogP contribution is 2.26. The molecule has 0 aromatic carbocycles. The van der Waals surface area contributed by atoms with E-state index in [1.165, 1.54) is 0 Å². The lowest BCUT2D eigenvalue weighted by Crippen LogP contribution is -2.61. The Bertz CT molecular complexity index is 332. The number of ether oxygens (including phenoxy) is 1. The van der Waals surface area contributed by atoms with Gasteiger partial charge in [-0.2, -0.15) is 0 Å². The Morgan fingerprint density at radius 1 is 1.39 bits per heavy atom. The molecule has 0 spiro atoms. The average molecular weight is 254 g/mol. The van der Waals surface area contributed by atoms with Crippen LogP contribution in [0.3, 0.4) is 0 Å². The number of carbonyl (C=O) groups excluding carboxylic acids is 2. The SMILES string of the molecule is CCC1NC(=O)CN(C2CCCC(OC)C2)C1=O. The van der Waals surface area contributed by atoms with Crippen LogP contribution in [0.1, 0.15) is 39.0 Å². The van der Waals surface area contributed by atoms with E-state index in [1.807, 2.05) is 6.92 Å². The van der Waals surface area contributed by atoms with Crippen LogP contribution in [-0.4, -0.2) is 48.6 Å². The molecule has 1 N–H and O–H groups in total. The lowest BCUT2D eigenvalue weighted by molar-refractivity contribution is -0.148. The number of rotatable bonds is 3. The van der Waals surface area contributed by atoms with Crippen molar-refractivity contribution in [2.75, 3.05) is 13.7 Å². The lowest BCUT2D eigenvalue weighted by atomic mass is 9.90. The highest BCUT2D eigenvalue weighted by Gasteiger charge is 2.37. The summed E-state index contributed by atoms with van der Waals surface area (Å²) in [5, 5.41) is 2.75. The Labute approximate surface area is 108 Å². The molecule has 2 aliphatic rings. The maximum atomic E-state index is 12.3. The van der Waals surface area contributed by atoms with Gasteiger partial charge in [0.1, 0.15) is 6.04 Å². The van der Waals surface area contributed by atoms with Gasteiger partial charge in [-0.1, -0.05) is 6.92 Å². The van der Waals surface area contributed by atoms with Crippen molar-refractivity contribution in [2.24, 2.45) is 0 Å². The molecule has 2 rings (SSSR count). The Morgan fingerprint density at radius 2 is 2.17 bits per heavy atom. The summed E-state index contributed by atoms with van der Waals surface area (Å²) in [6.07, 6.45) is 4.83. The highest BCUT2D eigenvalue weighted by molar-refractivity contribution is 5.94. The van der Waals surface area contributed by atoms with Crippen LogP contribution in [0, 0.1) is 0 Å². The van der Waals surface area contributed by atoms with E-state index >= 15 is 0 Å². The number of hydrogen-bond donors (Lipinski definition) is 1. The number of nitrogens with one attached hydrogen (secondary N) is 1. The molecule has 18 heavy (non-hydrogen) atoms. The lowest BCUT2D eigenvalue weighted by Gasteiger charge is -2.41. The van der Waals surface area contributed by atoms with E-state index in [4.69, 9.17) is 4.74 Å². The van der Waals surface area contributed by atoms with Gasteiger partial charge in [0.25, 0.3) is 0 Å². The molecule has 1 saturated carbocycles. The zero-order valence-corrected chi connectivity index (χ0v) is 11.1. The molecule has 3 atom stereocenters. The molecule has 0 aromatic heterocycles. The largest absolute Gasteiger partial charge is 0.381 e. The van der Waals surface area contributed by atoms with Gasteiger partial charge in [-0.15, -0.1) is 0 Å². The molecule has 1 heterocycles. The topological polar surface area (TPSA) is 58.6 Å². The normalized spacial score (nSPS) is 33.4. The zero-order valence-electron chi connectivity index (χ0n) is 11.1. The molecule has 0 radical (unpaired) electrons. The number of amides is 2. The van der Waals surface area contributed by atoms with Crippen LogP contribution in [0.5, 0.6) is 0 Å². The summed E-state index contributed by atoms with van der Waals surface area (Å²) in [7, 11) is 1.71. The standard InChI is InChI=1S/C13H22N2O3/c1-3-11-13(17)15(8-12(16)14-11)9-5-4-6-10(7-9)18-2/h9-11H,3-8H2,1-2H3,(H,14,16). The minimum atomic E-state index is -0.339. The predicted molar refractivity (Wildman–Crippen MR) is 67.0 cm³/mol. The number of hydrogen-bond acceptors (Lipinski definition) is 3. The molecular formula is C13H22N2O3. The maximum absolute atomic E-state index is 12.3. The summed E-state index contributed by atoms with van der Waals surface area (Å²) in [5.41, 5.74) is 0. The van der Waals surface area contributed by atoms with Crippen LogP contribution in [0.15, 0.2) is 0 Å². The van der Waals surface area contributed by atoms with Crippen LogP contribution >= 0.6 is 0 Å². The van der Waals surface area contributed by atoms with Crippen molar-refractivity contribution in [2.45, 2.75) is 57.2 Å². The van der Waals surface area contributed by atoms with E-state index in [0.29, 0.717) is 6.42 Å². The molecule has 5 nitrogen and oxygen atoms in total. The fourth-order valence-electron chi connectivity index (χ4n) is 2.94. The predicted octanol–water partition coefficient (Wildman–Crippen LogP) is 0.681. The first kappa shape index (κ1) is 13.3. The van der Waals surface area contributed by atoms with E-state index < -0.39 is 0 Å². The molecule has 2 amide bonds. The number of methoxy groups -OCH3 is 1. The maximum Gasteiger partial charge on any atom is 0.245 e. The van der Waals surface area contributed by atoms with Crippen molar-refractivity contribution in [1.29, 1.82) is 0 Å². The Balaban J connectivity index is 2.05. The molecule has 2 fully saturated rings. The van der Waals surface area contributed by atoms with Gasteiger partial charge in [0.15, 0.2) is 0 Å². The van der Waals surface area contributed by atoms with Crippen LogP contribution in [0.2, 0.25) is 0 Å². The smallest absolute Gasteiger partial charge is 0.245 e. The van der Waals surface area contributed by atoms with Gasteiger partial charge in [0.2, 0.25) is 11.8 Å². The van der Waals surface area contributed by atoms with Gasteiger partial charge in [-0.05, 0) is 32.1 Å². The molecule has 102 valence electrons. The molecule has 1 saturated heterocycles. The van der Waals surface area contributed by atoms with E-state index in [1.54, 1.807) is 12.0 Å². The minimum absolute atomic E-state index is 0.0407. The summed E-state index contributed by atoms with van der Waals surface area (Å²) < 4.78 is 5.39. The molecule has 1 aliphatic carbocycles. The van der Waals surface area contributed by atoms with Crippen LogP contribution in [0.25, 0.3) is 0 Å². The average Bonchev–Trinajstić information content (AvgIpc) is 2.41. The zero-order chi connectivity index (χ0) is 13.1. The first-order chi connectivity index (χ1) is 8.65. The van der Waals surface area contributed by atoms with Crippen LogP contribution in [0.4, 0.5) is 0 Å². The second-order valence-electron chi connectivity index (χ2n) is 5.17. The van der Waals surface area contributed by atoms with Gasteiger partial charge >= 0.3 is 0 Å². The van der Waals surface area contributed by atoms with E-state index in [9.17, 15) is 9.59 Å². The van der Waals surface area contributed by atoms with E-state index in [2.05, 4.69) is 5.32 Å². The van der Waals surface area contributed by atoms with Gasteiger partial charge in [-0.3, -0.25) is 9.59 Å². The Kier molecular flexibility index (Phi) is 4.22. The van der Waals surface area contributed by atoms with Crippen molar-refractivity contribution in [3.8, 4) is 0 Å². The number of piperazine rings is 1. The van der Waals surface area contributed by atoms with Gasteiger partial charge in [0, 0.05) is 13.2 Å². The molecule has 1 aliphatic heterocycles. The fourth-order valence-corrected chi connectivity index (χ4v) is 2.94. The first-order valence-electron chi connectivity index (χ1n) is 6.78. The van der Waals surface area contributed by atoms with Crippen molar-refractivity contribution < 1.29 is 14.3 Å². The molecule has 0 aromatic rings. The highest BCUT2D eigenvalue weighted by atomic mass is 16.5. The summed E-state index contributed by atoms with van der Waals surface area (Å²) in [4.78, 5) is 25.7. The van der Waals surface area contributed by atoms with Gasteiger partial charge < -0.3 is 15.0 Å². The molecule has 5 heteroatoms. The van der Waals surface area contributed by atoms with Crippen molar-refractivity contribution >= 4 is 11.8 Å². The summed E-state index contributed by atoms with van der Waals surface area (Å²) >= 11 is 0. The van der Waals surface area contributed by atoms with Crippen molar-refractivity contribution in [1.82, 2.24) is 10.2 Å². The number of nitrogens with zero attached hydrogens (tertiary/aromatic N) is 1. The van der Waals surface area contributed by atoms with E-state index in [-0.39, 0.29) is 36.5 Å². The Morgan fingerprint density at radius 3 is 2.83 bits per heavy atom. The Hall–Kier alpha value is -1.10. The third-order valence-electron chi connectivity index (χ3n) is 4.01. The summed E-state index contributed by atoms with van der Waals surface area (Å²) in [6, 6.07) is -0.175. The summed E-state index contributed by atoms with van der Waals surface area (Å²) in [5.74, 6) is 0.0276. The molecule has 3 unspecified atom stereocenters. The molecule has 0 bridgehead atoms. The minimum Gasteiger partial charge on any atom is -0.381 e. The van der Waals surface area contributed by atoms with Crippen LogP contribution < -0.4 is 5.32 Å². The molecular weight excluding hydrogens is 232 g/mol. The fraction of sp³-hybridized carbons (Fsp3) is 0.846. The third kappa shape index (κ3) is 2.66. The number of carbonyl (C=O) groups is 2. The second-order valence-corrected chi connectivity index (χ2v) is 5.17. The first-order valence-corrected chi connectivity index (χ1v) is 6.78. The second kappa shape index (κ2) is 5.69. The van der Waals surface area contributed by atoms with Crippen molar-refractivity contribution in [3.63, 3.8) is 0 Å². The monoisotopic (exact) mass is 254 g/mol. The van der Waals surface area contributed by atoms with Crippen LogP contribution in [-0.2, 0) is 14.3 Å². The van der Waals surface area contributed by atoms with Crippen molar-refractivity contribution in [3.05, 3.63) is 0 Å². The summed E-state index contributed by atoms with van der Waals surface area (Å²) in [6.45, 7) is 2.13. The van der Waals surface area contributed by atoms with Gasteiger partial charge in [0.05, 0.1) is 12.6 Å². The van der Waals surface area contributed by atoms with E-state index in [0.717, 1.165) is 25.7 Å². The third-order valence-corrected chi connectivity index (χ3v) is 4.01. The van der Waals surface area contributed by atoms with Gasteiger partial charge in [-0.25, -0.2) is 0 Å². The quantitative estimate of drug-likeness (QED) is 0.806.